The van der Waals surface area contributed by atoms with Gasteiger partial charge < -0.3 is 9.73 Å². The van der Waals surface area contributed by atoms with Crippen LogP contribution < -0.4 is 5.32 Å². The molecule has 0 aromatic carbocycles. The Morgan fingerprint density at radius 3 is 2.48 bits per heavy atom. The van der Waals surface area contributed by atoms with Crippen molar-refractivity contribution >= 4 is 41.6 Å². The van der Waals surface area contributed by atoms with Gasteiger partial charge in [-0.25, -0.2) is 8.42 Å². The van der Waals surface area contributed by atoms with E-state index >= 15 is 0 Å². The molecule has 1 rings (SSSR count). The highest BCUT2D eigenvalue weighted by Crippen LogP contribution is 2.28. The summed E-state index contributed by atoms with van der Waals surface area (Å²) in [7, 11) is 1.29. The lowest BCUT2D eigenvalue weighted by atomic mass is 10.1. The predicted octanol–water partition coefficient (Wildman–Crippen LogP) is 4.06. The molecule has 0 unspecified atom stereocenters. The fourth-order valence-electron chi connectivity index (χ4n) is 1.82. The van der Waals surface area contributed by atoms with Crippen LogP contribution in [0.3, 0.4) is 0 Å². The van der Waals surface area contributed by atoms with Crippen molar-refractivity contribution in [3.8, 4) is 0 Å². The van der Waals surface area contributed by atoms with Crippen molar-refractivity contribution in [3.05, 3.63) is 16.5 Å². The van der Waals surface area contributed by atoms with Gasteiger partial charge in [-0.1, -0.05) is 39.0 Å². The first kappa shape index (κ1) is 18.5. The van der Waals surface area contributed by atoms with Crippen LogP contribution in [0.2, 0.25) is 0 Å². The van der Waals surface area contributed by atoms with Crippen LogP contribution in [0.25, 0.3) is 0 Å². The second-order valence-electron chi connectivity index (χ2n) is 4.71. The maximum atomic E-state index is 11.8. The molecule has 0 bridgehead atoms. The summed E-state index contributed by atoms with van der Waals surface area (Å²) in [5.74, 6) is -0.525. The Hall–Kier alpha value is -0.530. The lowest BCUT2D eigenvalue weighted by Gasteiger charge is -2.03. The number of rotatable bonds is 9. The number of furan rings is 1. The maximum absolute atomic E-state index is 11.8. The Morgan fingerprint density at radius 2 is 1.90 bits per heavy atom. The fourth-order valence-corrected chi connectivity index (χ4v) is 3.86. The third-order valence-electron chi connectivity index (χ3n) is 2.96. The summed E-state index contributed by atoms with van der Waals surface area (Å²) in [6, 6.07) is 1.11. The van der Waals surface area contributed by atoms with Crippen LogP contribution in [0, 0.1) is 0 Å². The lowest BCUT2D eigenvalue weighted by molar-refractivity contribution is 0.0924. The van der Waals surface area contributed by atoms with E-state index in [9.17, 15) is 13.2 Å². The molecule has 1 aromatic rings. The summed E-state index contributed by atoms with van der Waals surface area (Å²) < 4.78 is 27.4. The van der Waals surface area contributed by atoms with Crippen LogP contribution in [0.1, 0.15) is 56.0 Å². The molecule has 1 aromatic heterocycles. The molecule has 0 aliphatic rings. The van der Waals surface area contributed by atoms with E-state index in [1.165, 1.54) is 19.3 Å². The Bertz CT molecular complexity index is 571. The van der Waals surface area contributed by atoms with Crippen LogP contribution in [0.5, 0.6) is 0 Å². The zero-order valence-electron chi connectivity index (χ0n) is 11.8. The number of carbonyl (C=O) groups is 1. The van der Waals surface area contributed by atoms with Crippen LogP contribution in [-0.2, 0) is 9.05 Å². The van der Waals surface area contributed by atoms with E-state index in [0.29, 0.717) is 6.54 Å². The molecule has 1 amide bonds. The van der Waals surface area contributed by atoms with E-state index in [-0.39, 0.29) is 15.3 Å². The SMILES string of the molecule is CCCCCCCCNC(=O)c1cc(S(=O)(=O)Cl)c(Br)o1. The molecule has 0 fully saturated rings. The van der Waals surface area contributed by atoms with Gasteiger partial charge in [-0.2, -0.15) is 0 Å². The van der Waals surface area contributed by atoms with Gasteiger partial charge in [0.2, 0.25) is 0 Å². The van der Waals surface area contributed by atoms with Crippen LogP contribution >= 0.6 is 26.6 Å². The molecule has 0 radical (unpaired) electrons. The molecule has 0 saturated carbocycles. The third kappa shape index (κ3) is 6.40. The molecule has 0 spiro atoms. The summed E-state index contributed by atoms with van der Waals surface area (Å²) in [6.07, 6.45) is 6.76. The number of nitrogens with one attached hydrogen (secondary N) is 1. The van der Waals surface area contributed by atoms with E-state index in [4.69, 9.17) is 15.1 Å². The highest BCUT2D eigenvalue weighted by Gasteiger charge is 2.22. The zero-order chi connectivity index (χ0) is 15.9. The average molecular weight is 401 g/mol. The number of hydrogen-bond donors (Lipinski definition) is 1. The summed E-state index contributed by atoms with van der Waals surface area (Å²) in [5, 5.41) is 2.69. The summed E-state index contributed by atoms with van der Waals surface area (Å²) in [4.78, 5) is 11.6. The molecule has 0 aliphatic heterocycles. The monoisotopic (exact) mass is 399 g/mol. The maximum Gasteiger partial charge on any atom is 0.287 e. The van der Waals surface area contributed by atoms with E-state index in [1.54, 1.807) is 0 Å². The van der Waals surface area contributed by atoms with Gasteiger partial charge in [-0.05, 0) is 22.4 Å². The van der Waals surface area contributed by atoms with Gasteiger partial charge in [0, 0.05) is 23.3 Å². The summed E-state index contributed by atoms with van der Waals surface area (Å²) >= 11 is 2.93. The Labute approximate surface area is 138 Å². The molecule has 0 saturated heterocycles. The van der Waals surface area contributed by atoms with Gasteiger partial charge in [-0.15, -0.1) is 0 Å². The van der Waals surface area contributed by atoms with Crippen molar-refractivity contribution in [1.29, 1.82) is 0 Å². The standard InChI is InChI=1S/C13H19BrClNO4S/c1-2-3-4-5-6-7-8-16-13(17)10-9-11(12(14)20-10)21(15,18)19/h9H,2-8H2,1H3,(H,16,17). The van der Waals surface area contributed by atoms with Crippen molar-refractivity contribution in [2.75, 3.05) is 6.54 Å². The highest BCUT2D eigenvalue weighted by atomic mass is 79.9. The second kappa shape index (κ2) is 8.80. The van der Waals surface area contributed by atoms with Gasteiger partial charge in [0.15, 0.2) is 10.4 Å². The fraction of sp³-hybridized carbons (Fsp3) is 0.615. The Kier molecular flexibility index (Phi) is 7.76. The van der Waals surface area contributed by atoms with Crippen molar-refractivity contribution in [1.82, 2.24) is 5.32 Å². The zero-order valence-corrected chi connectivity index (χ0v) is 15.0. The number of halogens is 2. The molecular weight excluding hydrogens is 382 g/mol. The van der Waals surface area contributed by atoms with Crippen molar-refractivity contribution in [2.45, 2.75) is 50.3 Å². The largest absolute Gasteiger partial charge is 0.443 e. The Morgan fingerprint density at radius 1 is 1.29 bits per heavy atom. The molecule has 0 atom stereocenters. The van der Waals surface area contributed by atoms with E-state index in [2.05, 4.69) is 28.2 Å². The van der Waals surface area contributed by atoms with Crippen molar-refractivity contribution in [2.24, 2.45) is 0 Å². The summed E-state index contributed by atoms with van der Waals surface area (Å²) in [6.45, 7) is 2.70. The van der Waals surface area contributed by atoms with Crippen LogP contribution in [-0.4, -0.2) is 20.9 Å². The molecule has 120 valence electrons. The average Bonchev–Trinajstić information content (AvgIpc) is 2.79. The topological polar surface area (TPSA) is 76.4 Å². The van der Waals surface area contributed by atoms with Crippen molar-refractivity contribution < 1.29 is 17.6 Å². The predicted molar refractivity (Wildman–Crippen MR) is 85.2 cm³/mol. The number of unbranched alkanes of at least 4 members (excludes halogenated alkanes) is 5. The van der Waals surface area contributed by atoms with Crippen LogP contribution in [0.15, 0.2) is 20.0 Å². The normalized spacial score (nSPS) is 11.6. The van der Waals surface area contributed by atoms with Gasteiger partial charge in [0.1, 0.15) is 4.90 Å². The molecule has 5 nitrogen and oxygen atoms in total. The van der Waals surface area contributed by atoms with E-state index < -0.39 is 15.0 Å². The van der Waals surface area contributed by atoms with Gasteiger partial charge in [-0.3, -0.25) is 4.79 Å². The summed E-state index contributed by atoms with van der Waals surface area (Å²) in [5.41, 5.74) is 0. The first-order valence-electron chi connectivity index (χ1n) is 6.88. The van der Waals surface area contributed by atoms with Gasteiger partial charge in [0.25, 0.3) is 15.0 Å². The lowest BCUT2D eigenvalue weighted by Crippen LogP contribution is -2.23. The van der Waals surface area contributed by atoms with E-state index in [1.807, 2.05) is 0 Å². The minimum absolute atomic E-state index is 0.0674. The minimum atomic E-state index is -3.93. The first-order chi connectivity index (χ1) is 9.86. The first-order valence-corrected chi connectivity index (χ1v) is 9.98. The van der Waals surface area contributed by atoms with Crippen LogP contribution in [0.4, 0.5) is 0 Å². The highest BCUT2D eigenvalue weighted by molar-refractivity contribution is 9.10. The number of amides is 1. The third-order valence-corrected chi connectivity index (χ3v) is 5.14. The molecule has 21 heavy (non-hydrogen) atoms. The quantitative estimate of drug-likeness (QED) is 0.501. The van der Waals surface area contributed by atoms with Gasteiger partial charge >= 0.3 is 0 Å². The van der Waals surface area contributed by atoms with Gasteiger partial charge in [0.05, 0.1) is 0 Å². The Balaban J connectivity index is 2.40. The number of carbonyl (C=O) groups excluding carboxylic acids is 1. The molecule has 1 heterocycles. The van der Waals surface area contributed by atoms with Crippen molar-refractivity contribution in [3.63, 3.8) is 0 Å². The smallest absolute Gasteiger partial charge is 0.287 e. The molecular formula is C13H19BrClNO4S. The molecule has 0 aliphatic carbocycles. The van der Waals surface area contributed by atoms with E-state index in [0.717, 1.165) is 25.3 Å². The number of hydrogen-bond acceptors (Lipinski definition) is 4. The molecule has 8 heteroatoms. The molecule has 1 N–H and O–H groups in total. The second-order valence-corrected chi connectivity index (χ2v) is 7.96. The minimum Gasteiger partial charge on any atom is -0.443 e.